The maximum Gasteiger partial charge on any atom is 0.337 e. The smallest absolute Gasteiger partial charge is 0.337 e. The number of hydrogen-bond donors (Lipinski definition) is 0. The Hall–Kier alpha value is -2.69. The summed E-state index contributed by atoms with van der Waals surface area (Å²) in [5.74, 6) is 1.45. The first-order valence-corrected chi connectivity index (χ1v) is 6.63. The van der Waals surface area contributed by atoms with E-state index in [1.165, 1.54) is 7.11 Å². The van der Waals surface area contributed by atoms with E-state index in [4.69, 9.17) is 18.9 Å². The van der Waals surface area contributed by atoms with Gasteiger partial charge in [-0.05, 0) is 35.9 Å². The number of benzene rings is 2. The Morgan fingerprint density at radius 1 is 0.773 bits per heavy atom. The van der Waals surface area contributed by atoms with Gasteiger partial charge in [0.1, 0.15) is 5.75 Å². The van der Waals surface area contributed by atoms with Gasteiger partial charge in [0.15, 0.2) is 11.5 Å². The Bertz CT molecular complexity index is 679. The molecule has 0 heterocycles. The zero-order valence-corrected chi connectivity index (χ0v) is 13.0. The highest BCUT2D eigenvalue weighted by Gasteiger charge is 2.13. The van der Waals surface area contributed by atoms with E-state index in [1.807, 2.05) is 24.3 Å². The Balaban J connectivity index is 2.50. The van der Waals surface area contributed by atoms with Crippen LogP contribution < -0.4 is 14.2 Å². The van der Waals surface area contributed by atoms with E-state index in [-0.39, 0.29) is 0 Å². The van der Waals surface area contributed by atoms with Gasteiger partial charge < -0.3 is 18.9 Å². The van der Waals surface area contributed by atoms with Crippen molar-refractivity contribution in [2.24, 2.45) is 0 Å². The molecule has 0 aliphatic carbocycles. The third-order valence-electron chi connectivity index (χ3n) is 3.32. The molecule has 0 aromatic heterocycles. The first-order valence-electron chi connectivity index (χ1n) is 6.63. The van der Waals surface area contributed by atoms with Crippen molar-refractivity contribution >= 4 is 5.97 Å². The molecule has 0 fully saturated rings. The number of esters is 1. The fourth-order valence-corrected chi connectivity index (χ4v) is 2.18. The van der Waals surface area contributed by atoms with Crippen molar-refractivity contribution in [2.45, 2.75) is 0 Å². The lowest BCUT2D eigenvalue weighted by molar-refractivity contribution is 0.0600. The molecular weight excluding hydrogens is 284 g/mol. The molecule has 2 aromatic carbocycles. The van der Waals surface area contributed by atoms with Crippen LogP contribution >= 0.6 is 0 Å². The molecule has 0 aliphatic rings. The Labute approximate surface area is 129 Å². The maximum absolute atomic E-state index is 11.6. The Morgan fingerprint density at radius 3 is 2.05 bits per heavy atom. The SMILES string of the molecule is COC(=O)c1ccc(-c2ccc(OC)c(OC)c2)c(OC)c1. The van der Waals surface area contributed by atoms with Crippen LogP contribution in [0.1, 0.15) is 10.4 Å². The van der Waals surface area contributed by atoms with Gasteiger partial charge >= 0.3 is 5.97 Å². The van der Waals surface area contributed by atoms with Crippen molar-refractivity contribution in [1.82, 2.24) is 0 Å². The molecule has 0 saturated heterocycles. The van der Waals surface area contributed by atoms with Gasteiger partial charge in [0, 0.05) is 5.56 Å². The molecule has 0 amide bonds. The van der Waals surface area contributed by atoms with Gasteiger partial charge in [0.05, 0.1) is 34.0 Å². The van der Waals surface area contributed by atoms with E-state index in [9.17, 15) is 4.79 Å². The third kappa shape index (κ3) is 2.98. The lowest BCUT2D eigenvalue weighted by Gasteiger charge is -2.13. The molecule has 5 heteroatoms. The summed E-state index contributed by atoms with van der Waals surface area (Å²) in [6.07, 6.45) is 0. The number of methoxy groups -OCH3 is 4. The molecule has 0 atom stereocenters. The van der Waals surface area contributed by atoms with Crippen LogP contribution in [0.15, 0.2) is 36.4 Å². The lowest BCUT2D eigenvalue weighted by Crippen LogP contribution is -2.02. The summed E-state index contributed by atoms with van der Waals surface area (Å²) in [7, 11) is 6.07. The summed E-state index contributed by atoms with van der Waals surface area (Å²) in [5, 5.41) is 0. The number of hydrogen-bond acceptors (Lipinski definition) is 5. The fourth-order valence-electron chi connectivity index (χ4n) is 2.18. The van der Waals surface area contributed by atoms with Crippen LogP contribution in [-0.2, 0) is 4.74 Å². The van der Waals surface area contributed by atoms with Crippen LogP contribution in [0, 0.1) is 0 Å². The first kappa shape index (κ1) is 15.7. The minimum absolute atomic E-state index is 0.405. The van der Waals surface area contributed by atoms with Gasteiger partial charge in [0.2, 0.25) is 0 Å². The average Bonchev–Trinajstić information content (AvgIpc) is 2.59. The van der Waals surface area contributed by atoms with E-state index in [0.29, 0.717) is 22.8 Å². The molecule has 0 saturated carbocycles. The second kappa shape index (κ2) is 6.85. The number of ether oxygens (including phenoxy) is 4. The molecule has 2 aromatic rings. The molecule has 5 nitrogen and oxygen atoms in total. The number of carbonyl (C=O) groups is 1. The van der Waals surface area contributed by atoms with Crippen molar-refractivity contribution in [2.75, 3.05) is 28.4 Å². The van der Waals surface area contributed by atoms with Gasteiger partial charge in [0.25, 0.3) is 0 Å². The van der Waals surface area contributed by atoms with Crippen LogP contribution in [0.3, 0.4) is 0 Å². The highest BCUT2D eigenvalue weighted by atomic mass is 16.5. The second-order valence-corrected chi connectivity index (χ2v) is 4.48. The summed E-state index contributed by atoms with van der Waals surface area (Å²) >= 11 is 0. The fraction of sp³-hybridized carbons (Fsp3) is 0.235. The van der Waals surface area contributed by atoms with Crippen molar-refractivity contribution in [3.63, 3.8) is 0 Å². The van der Waals surface area contributed by atoms with E-state index in [0.717, 1.165) is 11.1 Å². The molecule has 22 heavy (non-hydrogen) atoms. The highest BCUT2D eigenvalue weighted by molar-refractivity contribution is 5.91. The zero-order chi connectivity index (χ0) is 16.1. The summed E-state index contributed by atoms with van der Waals surface area (Å²) in [4.78, 5) is 11.6. The van der Waals surface area contributed by atoms with Crippen molar-refractivity contribution in [3.05, 3.63) is 42.0 Å². The van der Waals surface area contributed by atoms with Crippen molar-refractivity contribution in [1.29, 1.82) is 0 Å². The number of carbonyl (C=O) groups excluding carboxylic acids is 1. The molecule has 0 N–H and O–H groups in total. The summed E-state index contributed by atoms with van der Waals surface area (Å²) in [6.45, 7) is 0. The van der Waals surface area contributed by atoms with Gasteiger partial charge in [-0.1, -0.05) is 6.07 Å². The third-order valence-corrected chi connectivity index (χ3v) is 3.32. The molecular formula is C17H18O5. The average molecular weight is 302 g/mol. The summed E-state index contributed by atoms with van der Waals surface area (Å²) in [6, 6.07) is 10.7. The maximum atomic E-state index is 11.6. The lowest BCUT2D eigenvalue weighted by atomic mass is 10.0. The van der Waals surface area contributed by atoms with Crippen LogP contribution in [0.5, 0.6) is 17.2 Å². The molecule has 0 spiro atoms. The predicted octanol–water partition coefficient (Wildman–Crippen LogP) is 3.17. The zero-order valence-electron chi connectivity index (χ0n) is 13.0. The van der Waals surface area contributed by atoms with E-state index in [1.54, 1.807) is 33.5 Å². The van der Waals surface area contributed by atoms with E-state index < -0.39 is 5.97 Å². The standard InChI is InChI=1S/C17H18O5/c1-19-14-8-6-11(9-16(14)21-3)13-7-5-12(17(18)22-4)10-15(13)20-2/h5-10H,1-4H3. The number of rotatable bonds is 5. The van der Waals surface area contributed by atoms with Crippen LogP contribution in [0.2, 0.25) is 0 Å². The minimum Gasteiger partial charge on any atom is -0.496 e. The largest absolute Gasteiger partial charge is 0.496 e. The van der Waals surface area contributed by atoms with Crippen molar-refractivity contribution in [3.8, 4) is 28.4 Å². The van der Waals surface area contributed by atoms with Crippen molar-refractivity contribution < 1.29 is 23.7 Å². The van der Waals surface area contributed by atoms with E-state index >= 15 is 0 Å². The molecule has 0 unspecified atom stereocenters. The molecule has 116 valence electrons. The van der Waals surface area contributed by atoms with Gasteiger partial charge in [-0.15, -0.1) is 0 Å². The monoisotopic (exact) mass is 302 g/mol. The normalized spacial score (nSPS) is 10.0. The van der Waals surface area contributed by atoms with Gasteiger partial charge in [-0.25, -0.2) is 4.79 Å². The molecule has 0 radical (unpaired) electrons. The van der Waals surface area contributed by atoms with Crippen LogP contribution in [0.25, 0.3) is 11.1 Å². The molecule has 0 aliphatic heterocycles. The Kier molecular flexibility index (Phi) is 4.88. The molecule has 2 rings (SSSR count). The minimum atomic E-state index is -0.405. The summed E-state index contributed by atoms with van der Waals surface area (Å²) < 4.78 is 20.6. The predicted molar refractivity (Wildman–Crippen MR) is 82.9 cm³/mol. The second-order valence-electron chi connectivity index (χ2n) is 4.48. The quantitative estimate of drug-likeness (QED) is 0.794. The van der Waals surface area contributed by atoms with Crippen LogP contribution in [0.4, 0.5) is 0 Å². The van der Waals surface area contributed by atoms with Crippen LogP contribution in [-0.4, -0.2) is 34.4 Å². The Morgan fingerprint density at radius 2 is 1.45 bits per heavy atom. The highest BCUT2D eigenvalue weighted by Crippen LogP contribution is 2.36. The van der Waals surface area contributed by atoms with Gasteiger partial charge in [-0.3, -0.25) is 0 Å². The van der Waals surface area contributed by atoms with E-state index in [2.05, 4.69) is 0 Å². The topological polar surface area (TPSA) is 54.0 Å². The first-order chi connectivity index (χ1) is 10.6. The van der Waals surface area contributed by atoms with Gasteiger partial charge in [-0.2, -0.15) is 0 Å². The molecule has 0 bridgehead atoms. The summed E-state index contributed by atoms with van der Waals surface area (Å²) in [5.41, 5.74) is 2.17.